The lowest BCUT2D eigenvalue weighted by atomic mass is 9.85. The molecule has 1 heterocycles. The molecule has 168 valence electrons. The van der Waals surface area contributed by atoms with Crippen molar-refractivity contribution in [2.45, 2.75) is 63.8 Å². The summed E-state index contributed by atoms with van der Waals surface area (Å²) in [6.07, 6.45) is 2.04. The maximum absolute atomic E-state index is 11.9. The molecule has 1 aliphatic carbocycles. The summed E-state index contributed by atoms with van der Waals surface area (Å²) in [5.74, 6) is 1.26. The van der Waals surface area contributed by atoms with Crippen LogP contribution in [-0.2, 0) is 17.9 Å². The van der Waals surface area contributed by atoms with Gasteiger partial charge in [0.05, 0.1) is 6.61 Å². The molecule has 0 bridgehead atoms. The molecule has 0 radical (unpaired) electrons. The third-order valence-electron chi connectivity index (χ3n) is 6.08. The number of carbonyl (C=O) groups is 1. The van der Waals surface area contributed by atoms with E-state index in [0.29, 0.717) is 24.9 Å². The van der Waals surface area contributed by atoms with Gasteiger partial charge in [-0.15, -0.1) is 10.2 Å². The lowest BCUT2D eigenvalue weighted by Gasteiger charge is -2.34. The molecule has 1 N–H and O–H groups in total. The Bertz CT molecular complexity index is 985. The third-order valence-corrected chi connectivity index (χ3v) is 6.08. The van der Waals surface area contributed by atoms with Crippen molar-refractivity contribution in [3.8, 4) is 0 Å². The number of benzene rings is 2. The van der Waals surface area contributed by atoms with Crippen LogP contribution in [0.3, 0.4) is 0 Å². The van der Waals surface area contributed by atoms with Crippen molar-refractivity contribution in [1.82, 2.24) is 15.1 Å². The van der Waals surface area contributed by atoms with Gasteiger partial charge in [0.25, 0.3) is 0 Å². The van der Waals surface area contributed by atoms with Crippen molar-refractivity contribution >= 4 is 6.09 Å². The smallest absolute Gasteiger partial charge is 0.407 e. The van der Waals surface area contributed by atoms with Crippen molar-refractivity contribution in [3.63, 3.8) is 0 Å². The summed E-state index contributed by atoms with van der Waals surface area (Å²) in [5.41, 5.74) is 2.10. The first-order valence-corrected chi connectivity index (χ1v) is 11.1. The Morgan fingerprint density at radius 3 is 2.28 bits per heavy atom. The monoisotopic (exact) mass is 435 g/mol. The summed E-state index contributed by atoms with van der Waals surface area (Å²) >= 11 is 0. The zero-order valence-electron chi connectivity index (χ0n) is 18.3. The van der Waals surface area contributed by atoms with E-state index in [1.807, 2.05) is 67.6 Å². The topological polar surface area (TPSA) is 88.7 Å². The molecule has 1 amide bonds. The number of nitrogens with zero attached hydrogens (tertiary/aromatic N) is 3. The van der Waals surface area contributed by atoms with Crippen molar-refractivity contribution in [2.75, 3.05) is 0 Å². The molecule has 3 aromatic rings. The molecule has 0 unspecified atom stereocenters. The largest absolute Gasteiger partial charge is 0.465 e. The van der Waals surface area contributed by atoms with Gasteiger partial charge in [0, 0.05) is 18.5 Å². The fourth-order valence-corrected chi connectivity index (χ4v) is 4.21. The highest BCUT2D eigenvalue weighted by Crippen LogP contribution is 2.35. The van der Waals surface area contributed by atoms with Crippen LogP contribution in [0.25, 0.3) is 0 Å². The first kappa shape index (κ1) is 22.0. The summed E-state index contributed by atoms with van der Waals surface area (Å²) in [6.45, 7) is 2.80. The number of carboxylic acid groups (broad SMARTS) is 1. The van der Waals surface area contributed by atoms with Gasteiger partial charge in [-0.3, -0.25) is 0 Å². The molecule has 7 nitrogen and oxygen atoms in total. The Labute approximate surface area is 188 Å². The number of ether oxygens (including phenoxy) is 1. The predicted octanol–water partition coefficient (Wildman–Crippen LogP) is 5.55. The van der Waals surface area contributed by atoms with Crippen LogP contribution in [0.4, 0.5) is 4.79 Å². The quantitative estimate of drug-likeness (QED) is 0.499. The summed E-state index contributed by atoms with van der Waals surface area (Å²) < 4.78 is 11.8. The van der Waals surface area contributed by atoms with Gasteiger partial charge in [-0.05, 0) is 43.7 Å². The second-order valence-corrected chi connectivity index (χ2v) is 8.32. The Kier molecular flexibility index (Phi) is 7.17. The maximum Gasteiger partial charge on any atom is 0.407 e. The van der Waals surface area contributed by atoms with Crippen LogP contribution in [-0.4, -0.2) is 32.3 Å². The molecule has 1 saturated carbocycles. The highest BCUT2D eigenvalue weighted by atomic mass is 16.5. The summed E-state index contributed by atoms with van der Waals surface area (Å²) in [5, 5.41) is 18.2. The zero-order valence-corrected chi connectivity index (χ0v) is 18.3. The Morgan fingerprint density at radius 1 is 1.03 bits per heavy atom. The summed E-state index contributed by atoms with van der Waals surface area (Å²) in [4.78, 5) is 13.4. The van der Waals surface area contributed by atoms with E-state index in [4.69, 9.17) is 9.15 Å². The molecule has 32 heavy (non-hydrogen) atoms. The molecule has 1 fully saturated rings. The molecule has 4 rings (SSSR count). The first-order valence-electron chi connectivity index (χ1n) is 11.1. The minimum Gasteiger partial charge on any atom is -0.465 e. The van der Waals surface area contributed by atoms with E-state index >= 15 is 0 Å². The van der Waals surface area contributed by atoms with Crippen LogP contribution in [0, 0.1) is 0 Å². The van der Waals surface area contributed by atoms with E-state index in [0.717, 1.165) is 36.8 Å². The number of hydrogen-bond donors (Lipinski definition) is 1. The fraction of sp³-hybridized carbons (Fsp3) is 0.400. The Balaban J connectivity index is 1.31. The molecule has 0 aliphatic heterocycles. The van der Waals surface area contributed by atoms with E-state index in [-0.39, 0.29) is 18.1 Å². The SMILES string of the molecule is C[C@@H](OCc1ccccc1)c1nnc(C2CCC(N(Cc3ccccc3)C(=O)O)CC2)o1. The van der Waals surface area contributed by atoms with Gasteiger partial charge in [0.2, 0.25) is 11.8 Å². The maximum atomic E-state index is 11.9. The van der Waals surface area contributed by atoms with Crippen LogP contribution >= 0.6 is 0 Å². The average molecular weight is 436 g/mol. The van der Waals surface area contributed by atoms with Crippen molar-refractivity contribution < 1.29 is 19.1 Å². The molecule has 0 spiro atoms. The van der Waals surface area contributed by atoms with E-state index in [9.17, 15) is 9.90 Å². The van der Waals surface area contributed by atoms with Crippen LogP contribution < -0.4 is 0 Å². The van der Waals surface area contributed by atoms with Gasteiger partial charge < -0.3 is 19.2 Å². The van der Waals surface area contributed by atoms with Gasteiger partial charge in [-0.1, -0.05) is 60.7 Å². The second kappa shape index (κ2) is 10.4. The van der Waals surface area contributed by atoms with E-state index in [1.165, 1.54) is 0 Å². The highest BCUT2D eigenvalue weighted by Gasteiger charge is 2.32. The molecule has 1 aromatic heterocycles. The molecule has 2 aromatic carbocycles. The van der Waals surface area contributed by atoms with Crippen molar-refractivity contribution in [2.24, 2.45) is 0 Å². The van der Waals surface area contributed by atoms with Crippen molar-refractivity contribution in [3.05, 3.63) is 83.6 Å². The predicted molar refractivity (Wildman–Crippen MR) is 119 cm³/mol. The van der Waals surface area contributed by atoms with Crippen LogP contribution in [0.1, 0.15) is 67.5 Å². The minimum atomic E-state index is -0.873. The van der Waals surface area contributed by atoms with Gasteiger partial charge in [0.15, 0.2) is 0 Å². The number of rotatable bonds is 8. The zero-order chi connectivity index (χ0) is 22.3. The first-order chi connectivity index (χ1) is 15.6. The van der Waals surface area contributed by atoms with Crippen LogP contribution in [0.15, 0.2) is 65.1 Å². The molecule has 0 saturated heterocycles. The number of aromatic nitrogens is 2. The molecule has 1 aliphatic rings. The molecule has 1 atom stereocenters. The van der Waals surface area contributed by atoms with Crippen molar-refractivity contribution in [1.29, 1.82) is 0 Å². The second-order valence-electron chi connectivity index (χ2n) is 8.32. The van der Waals surface area contributed by atoms with Gasteiger partial charge in [-0.2, -0.15) is 0 Å². The highest BCUT2D eigenvalue weighted by molar-refractivity contribution is 5.65. The summed E-state index contributed by atoms with van der Waals surface area (Å²) in [6, 6.07) is 19.7. The molecular formula is C25H29N3O4. The standard InChI is InChI=1S/C25H29N3O4/c1-18(31-17-20-10-6-3-7-11-20)23-26-27-24(32-23)21-12-14-22(15-13-21)28(25(29)30)16-19-8-4-2-5-9-19/h2-11,18,21-22H,12-17H2,1H3,(H,29,30)/t18-,21?,22?/m1/s1. The summed E-state index contributed by atoms with van der Waals surface area (Å²) in [7, 11) is 0. The average Bonchev–Trinajstić information content (AvgIpc) is 3.33. The van der Waals surface area contributed by atoms with E-state index in [1.54, 1.807) is 4.90 Å². The molecular weight excluding hydrogens is 406 g/mol. The third kappa shape index (κ3) is 5.53. The van der Waals surface area contributed by atoms with Gasteiger partial charge in [0.1, 0.15) is 6.10 Å². The van der Waals surface area contributed by atoms with Gasteiger partial charge >= 0.3 is 6.09 Å². The van der Waals surface area contributed by atoms with Crippen LogP contribution in [0.5, 0.6) is 0 Å². The minimum absolute atomic E-state index is 0.000484. The number of amides is 1. The Hall–Kier alpha value is -3.19. The van der Waals surface area contributed by atoms with E-state index in [2.05, 4.69) is 10.2 Å². The molecule has 7 heteroatoms. The Morgan fingerprint density at radius 2 is 1.66 bits per heavy atom. The van der Waals surface area contributed by atoms with E-state index < -0.39 is 6.09 Å². The fourth-order valence-electron chi connectivity index (χ4n) is 4.21. The number of hydrogen-bond acceptors (Lipinski definition) is 5. The van der Waals surface area contributed by atoms with Crippen LogP contribution in [0.2, 0.25) is 0 Å². The van der Waals surface area contributed by atoms with Gasteiger partial charge in [-0.25, -0.2) is 4.79 Å². The normalized spacial score (nSPS) is 19.4. The lowest BCUT2D eigenvalue weighted by Crippen LogP contribution is -2.40. The lowest BCUT2D eigenvalue weighted by molar-refractivity contribution is 0.0332.